The molecule has 27 heavy (non-hydrogen) atoms. The van der Waals surface area contributed by atoms with Gasteiger partial charge in [0, 0.05) is 30.8 Å². The van der Waals surface area contributed by atoms with Crippen molar-refractivity contribution in [1.29, 1.82) is 0 Å². The lowest BCUT2D eigenvalue weighted by atomic mass is 9.91. The van der Waals surface area contributed by atoms with E-state index in [4.69, 9.17) is 9.47 Å². The zero-order valence-corrected chi connectivity index (χ0v) is 18.3. The zero-order chi connectivity index (χ0) is 19.8. The second-order valence-corrected chi connectivity index (χ2v) is 8.93. The van der Waals surface area contributed by atoms with Gasteiger partial charge >= 0.3 is 6.09 Å². The van der Waals surface area contributed by atoms with Crippen molar-refractivity contribution < 1.29 is 14.3 Å². The molecule has 2 aromatic heterocycles. The number of rotatable bonds is 4. The van der Waals surface area contributed by atoms with Crippen LogP contribution >= 0.6 is 15.9 Å². The maximum Gasteiger partial charge on any atom is 0.420 e. The number of carbonyl (C=O) groups excluding carboxylic acids is 1. The maximum absolute atomic E-state index is 12.9. The first-order chi connectivity index (χ1) is 12.7. The molecule has 0 aliphatic heterocycles. The molecule has 0 saturated heterocycles. The smallest absolute Gasteiger partial charge is 0.420 e. The van der Waals surface area contributed by atoms with E-state index < -0.39 is 5.60 Å². The van der Waals surface area contributed by atoms with Gasteiger partial charge in [0.15, 0.2) is 5.65 Å². The Kier molecular flexibility index (Phi) is 5.93. The summed E-state index contributed by atoms with van der Waals surface area (Å²) in [5.41, 5.74) is 2.35. The number of pyridine rings is 1. The van der Waals surface area contributed by atoms with Crippen molar-refractivity contribution in [2.75, 3.05) is 27.3 Å². The van der Waals surface area contributed by atoms with Gasteiger partial charge in [0.1, 0.15) is 10.2 Å². The lowest BCUT2D eigenvalue weighted by Crippen LogP contribution is -2.39. The van der Waals surface area contributed by atoms with Crippen molar-refractivity contribution in [1.82, 2.24) is 14.5 Å². The van der Waals surface area contributed by atoms with E-state index in [1.165, 1.54) is 5.56 Å². The van der Waals surface area contributed by atoms with Gasteiger partial charge in [0.05, 0.1) is 6.61 Å². The summed E-state index contributed by atoms with van der Waals surface area (Å²) in [6, 6.07) is 4.40. The van der Waals surface area contributed by atoms with Crippen LogP contribution in [0.5, 0.6) is 0 Å². The molecule has 0 bridgehead atoms. The monoisotopic (exact) mass is 437 g/mol. The van der Waals surface area contributed by atoms with Crippen LogP contribution in [0.3, 0.4) is 0 Å². The predicted octanol–water partition coefficient (Wildman–Crippen LogP) is 4.02. The van der Waals surface area contributed by atoms with Gasteiger partial charge < -0.3 is 14.4 Å². The fourth-order valence-corrected chi connectivity index (χ4v) is 3.98. The van der Waals surface area contributed by atoms with Crippen molar-refractivity contribution in [3.8, 4) is 0 Å². The average molecular weight is 438 g/mol. The highest BCUT2D eigenvalue weighted by Crippen LogP contribution is 2.34. The molecule has 6 nitrogen and oxygen atoms in total. The van der Waals surface area contributed by atoms with E-state index in [9.17, 15) is 4.79 Å². The number of likely N-dealkylation sites (N-methyl/N-ethyl adjacent to an activating group) is 1. The standard InChI is InChI=1S/C20H28BrN3O3/c1-20(2,3)27-19(25)24-16-8-6-13(23(4)10-11-26-5)12-15(16)14-7-9-17(21)22-18(14)24/h7,9,13H,6,8,10-12H2,1-5H3. The van der Waals surface area contributed by atoms with Crippen LogP contribution in [0, 0.1) is 0 Å². The molecule has 0 aromatic carbocycles. The van der Waals surface area contributed by atoms with Gasteiger partial charge in [0.25, 0.3) is 0 Å². The van der Waals surface area contributed by atoms with E-state index in [-0.39, 0.29) is 6.09 Å². The predicted molar refractivity (Wildman–Crippen MR) is 109 cm³/mol. The Labute approximate surface area is 169 Å². The number of methoxy groups -OCH3 is 1. The molecule has 0 spiro atoms. The first kappa shape index (κ1) is 20.3. The Balaban J connectivity index is 2.01. The first-order valence-corrected chi connectivity index (χ1v) is 10.1. The Morgan fingerprint density at radius 3 is 2.81 bits per heavy atom. The van der Waals surface area contributed by atoms with E-state index in [0.29, 0.717) is 22.9 Å². The normalized spacial score (nSPS) is 17.4. The van der Waals surface area contributed by atoms with E-state index >= 15 is 0 Å². The number of fused-ring (bicyclic) bond motifs is 3. The van der Waals surface area contributed by atoms with Crippen molar-refractivity contribution in [3.05, 3.63) is 28.0 Å². The second kappa shape index (κ2) is 7.89. The lowest BCUT2D eigenvalue weighted by molar-refractivity contribution is 0.0537. The Morgan fingerprint density at radius 1 is 1.41 bits per heavy atom. The zero-order valence-electron chi connectivity index (χ0n) is 16.7. The summed E-state index contributed by atoms with van der Waals surface area (Å²) in [6.07, 6.45) is 2.36. The molecule has 2 aromatic rings. The summed E-state index contributed by atoms with van der Waals surface area (Å²) in [6.45, 7) is 7.26. The van der Waals surface area contributed by atoms with Gasteiger partial charge in [-0.15, -0.1) is 0 Å². The summed E-state index contributed by atoms with van der Waals surface area (Å²) in [4.78, 5) is 19.9. The molecule has 1 atom stereocenters. The van der Waals surface area contributed by atoms with Gasteiger partial charge in [0.2, 0.25) is 0 Å². The number of hydrogen-bond donors (Lipinski definition) is 0. The molecule has 3 rings (SSSR count). The summed E-state index contributed by atoms with van der Waals surface area (Å²) in [5.74, 6) is 0. The Bertz CT molecular complexity index is 841. The number of hydrogen-bond acceptors (Lipinski definition) is 5. The highest BCUT2D eigenvalue weighted by molar-refractivity contribution is 9.10. The van der Waals surface area contributed by atoms with Crippen LogP contribution in [0.25, 0.3) is 11.0 Å². The minimum atomic E-state index is -0.551. The summed E-state index contributed by atoms with van der Waals surface area (Å²) in [7, 11) is 3.86. The van der Waals surface area contributed by atoms with Gasteiger partial charge in [-0.1, -0.05) is 0 Å². The second-order valence-electron chi connectivity index (χ2n) is 8.12. The van der Waals surface area contributed by atoms with E-state index in [0.717, 1.165) is 36.9 Å². The summed E-state index contributed by atoms with van der Waals surface area (Å²) < 4.78 is 13.3. The number of halogens is 1. The van der Waals surface area contributed by atoms with Crippen molar-refractivity contribution in [2.24, 2.45) is 0 Å². The number of carbonyl (C=O) groups is 1. The third-order valence-electron chi connectivity index (χ3n) is 5.00. The van der Waals surface area contributed by atoms with Crippen LogP contribution in [-0.2, 0) is 22.3 Å². The number of ether oxygens (including phenoxy) is 2. The molecule has 0 N–H and O–H groups in total. The Morgan fingerprint density at radius 2 is 2.15 bits per heavy atom. The largest absolute Gasteiger partial charge is 0.443 e. The molecular weight excluding hydrogens is 410 g/mol. The fourth-order valence-electron chi connectivity index (χ4n) is 3.68. The minimum Gasteiger partial charge on any atom is -0.443 e. The summed E-state index contributed by atoms with van der Waals surface area (Å²) in [5, 5.41) is 1.03. The molecule has 0 amide bonds. The van der Waals surface area contributed by atoms with Gasteiger partial charge in [-0.05, 0) is 80.7 Å². The number of aromatic nitrogens is 2. The van der Waals surface area contributed by atoms with Crippen LogP contribution in [0.4, 0.5) is 4.79 Å². The minimum absolute atomic E-state index is 0.356. The highest BCUT2D eigenvalue weighted by atomic mass is 79.9. The maximum atomic E-state index is 12.9. The van der Waals surface area contributed by atoms with Gasteiger partial charge in [-0.2, -0.15) is 0 Å². The average Bonchev–Trinajstić information content (AvgIpc) is 2.90. The molecule has 1 aliphatic rings. The Hall–Kier alpha value is -1.44. The van der Waals surface area contributed by atoms with E-state index in [1.54, 1.807) is 11.7 Å². The SMILES string of the molecule is COCCN(C)C1CCc2c(c3ccc(Br)nc3n2C(=O)OC(C)(C)C)C1. The van der Waals surface area contributed by atoms with Crippen molar-refractivity contribution in [2.45, 2.75) is 51.7 Å². The van der Waals surface area contributed by atoms with Crippen LogP contribution in [0.1, 0.15) is 38.4 Å². The molecule has 1 unspecified atom stereocenters. The third-order valence-corrected chi connectivity index (χ3v) is 5.44. The van der Waals surface area contributed by atoms with E-state index in [2.05, 4.69) is 32.9 Å². The molecule has 7 heteroatoms. The van der Waals surface area contributed by atoms with Crippen molar-refractivity contribution >= 4 is 33.1 Å². The molecular formula is C20H28BrN3O3. The molecule has 0 fully saturated rings. The molecule has 0 radical (unpaired) electrons. The topological polar surface area (TPSA) is 56.6 Å². The van der Waals surface area contributed by atoms with Gasteiger partial charge in [-0.25, -0.2) is 14.3 Å². The molecule has 2 heterocycles. The fraction of sp³-hybridized carbons (Fsp3) is 0.600. The van der Waals surface area contributed by atoms with Crippen LogP contribution in [-0.4, -0.2) is 59.5 Å². The highest BCUT2D eigenvalue weighted by Gasteiger charge is 2.31. The molecule has 0 saturated carbocycles. The number of nitrogens with zero attached hydrogens (tertiary/aromatic N) is 3. The van der Waals surface area contributed by atoms with Gasteiger partial charge in [-0.3, -0.25) is 0 Å². The quantitative estimate of drug-likeness (QED) is 0.675. The first-order valence-electron chi connectivity index (χ1n) is 9.32. The molecule has 1 aliphatic carbocycles. The summed E-state index contributed by atoms with van der Waals surface area (Å²) >= 11 is 3.44. The van der Waals surface area contributed by atoms with Crippen molar-refractivity contribution in [3.63, 3.8) is 0 Å². The third kappa shape index (κ3) is 4.36. The molecule has 148 valence electrons. The lowest BCUT2D eigenvalue weighted by Gasteiger charge is -2.31. The van der Waals surface area contributed by atoms with Crippen LogP contribution < -0.4 is 0 Å². The van der Waals surface area contributed by atoms with E-state index in [1.807, 2.05) is 32.9 Å². The van der Waals surface area contributed by atoms with Crippen LogP contribution in [0.2, 0.25) is 0 Å². The van der Waals surface area contributed by atoms with Crippen LogP contribution in [0.15, 0.2) is 16.7 Å².